The van der Waals surface area contributed by atoms with E-state index in [9.17, 15) is 18.0 Å². The molecule has 1 rings (SSSR count). The Morgan fingerprint density at radius 1 is 1.26 bits per heavy atom. The Hall–Kier alpha value is -1.56. The summed E-state index contributed by atoms with van der Waals surface area (Å²) in [6, 6.07) is 4.77. The van der Waals surface area contributed by atoms with Gasteiger partial charge in [-0.3, -0.25) is 4.79 Å². The molecule has 0 amide bonds. The molecule has 0 radical (unpaired) electrons. The van der Waals surface area contributed by atoms with Gasteiger partial charge in [0.25, 0.3) is 0 Å². The van der Waals surface area contributed by atoms with Crippen molar-refractivity contribution in [3.05, 3.63) is 35.4 Å². The van der Waals surface area contributed by atoms with E-state index in [1.165, 1.54) is 12.1 Å². The van der Waals surface area contributed by atoms with E-state index in [2.05, 4.69) is 5.32 Å². The Morgan fingerprint density at radius 3 is 2.52 bits per heavy atom. The molecule has 0 spiro atoms. The van der Waals surface area contributed by atoms with Gasteiger partial charge < -0.3 is 10.4 Å². The molecule has 1 atom stereocenters. The van der Waals surface area contributed by atoms with Crippen LogP contribution in [0.4, 0.5) is 13.2 Å². The number of alkyl halides is 3. The predicted octanol–water partition coefficient (Wildman–Crippen LogP) is 4.12. The lowest BCUT2D eigenvalue weighted by atomic mass is 10.0. The molecule has 6 heteroatoms. The summed E-state index contributed by atoms with van der Waals surface area (Å²) >= 11 is 0. The minimum Gasteiger partial charge on any atom is -0.480 e. The van der Waals surface area contributed by atoms with E-state index in [0.717, 1.165) is 12.5 Å². The number of carboxylic acids is 1. The van der Waals surface area contributed by atoms with Gasteiger partial charge in [0.15, 0.2) is 0 Å². The monoisotopic (exact) mass is 331 g/mol. The highest BCUT2D eigenvalue weighted by atomic mass is 19.4. The molecular formula is C17H24F3NO2. The van der Waals surface area contributed by atoms with Crippen molar-refractivity contribution in [2.24, 2.45) is 5.92 Å². The molecule has 0 unspecified atom stereocenters. The van der Waals surface area contributed by atoms with Crippen LogP contribution in [-0.2, 0) is 17.4 Å². The number of halogens is 3. The van der Waals surface area contributed by atoms with Gasteiger partial charge in [0.2, 0.25) is 0 Å². The lowest BCUT2D eigenvalue weighted by Crippen LogP contribution is -2.38. The Bertz CT molecular complexity index is 501. The highest BCUT2D eigenvalue weighted by molar-refractivity contribution is 5.73. The van der Waals surface area contributed by atoms with Crippen molar-refractivity contribution in [2.45, 2.75) is 51.7 Å². The van der Waals surface area contributed by atoms with E-state index in [4.69, 9.17) is 5.11 Å². The molecule has 1 aromatic rings. The summed E-state index contributed by atoms with van der Waals surface area (Å²) in [4.78, 5) is 11.1. The van der Waals surface area contributed by atoms with E-state index >= 15 is 0 Å². The number of aliphatic carboxylic acids is 1. The SMILES string of the molecule is CC(C)C[C@@H](NCCCCc1cccc(C(F)(F)F)c1)C(=O)O. The summed E-state index contributed by atoms with van der Waals surface area (Å²) in [6.07, 6.45) is -1.78. The summed E-state index contributed by atoms with van der Waals surface area (Å²) in [7, 11) is 0. The van der Waals surface area contributed by atoms with Gasteiger partial charge in [-0.1, -0.05) is 32.0 Å². The summed E-state index contributed by atoms with van der Waals surface area (Å²) in [6.45, 7) is 4.47. The molecule has 2 N–H and O–H groups in total. The molecule has 0 saturated heterocycles. The normalized spacial score (nSPS) is 13.3. The fraction of sp³-hybridized carbons (Fsp3) is 0.588. The number of benzene rings is 1. The van der Waals surface area contributed by atoms with Crippen molar-refractivity contribution in [2.75, 3.05) is 6.54 Å². The summed E-state index contributed by atoms with van der Waals surface area (Å²) < 4.78 is 37.8. The van der Waals surface area contributed by atoms with Crippen LogP contribution < -0.4 is 5.32 Å². The summed E-state index contributed by atoms with van der Waals surface area (Å²) in [5, 5.41) is 12.1. The quantitative estimate of drug-likeness (QED) is 0.669. The molecule has 0 saturated carbocycles. The second kappa shape index (κ2) is 8.91. The van der Waals surface area contributed by atoms with Crippen LogP contribution in [0, 0.1) is 5.92 Å². The van der Waals surface area contributed by atoms with Gasteiger partial charge in [-0.15, -0.1) is 0 Å². The third-order valence-electron chi connectivity index (χ3n) is 3.54. The minimum absolute atomic E-state index is 0.286. The van der Waals surface area contributed by atoms with Crippen LogP contribution in [0.3, 0.4) is 0 Å². The zero-order valence-electron chi connectivity index (χ0n) is 13.5. The molecular weight excluding hydrogens is 307 g/mol. The van der Waals surface area contributed by atoms with Crippen LogP contribution in [-0.4, -0.2) is 23.7 Å². The molecule has 0 aliphatic heterocycles. The smallest absolute Gasteiger partial charge is 0.416 e. The highest BCUT2D eigenvalue weighted by Gasteiger charge is 2.30. The van der Waals surface area contributed by atoms with Gasteiger partial charge >= 0.3 is 12.1 Å². The minimum atomic E-state index is -4.32. The first-order valence-corrected chi connectivity index (χ1v) is 7.82. The van der Waals surface area contributed by atoms with Crippen molar-refractivity contribution in [1.82, 2.24) is 5.32 Å². The molecule has 0 heterocycles. The fourth-order valence-corrected chi connectivity index (χ4v) is 2.38. The number of nitrogens with one attached hydrogen (secondary N) is 1. The standard InChI is InChI=1S/C17H24F3NO2/c1-12(2)10-15(16(22)23)21-9-4-3-6-13-7-5-8-14(11-13)17(18,19)20/h5,7-8,11-12,15,21H,3-4,6,9-10H2,1-2H3,(H,22,23)/t15-/m1/s1. The van der Waals surface area contributed by atoms with E-state index in [-0.39, 0.29) is 5.92 Å². The molecule has 0 bridgehead atoms. The largest absolute Gasteiger partial charge is 0.480 e. The van der Waals surface area contributed by atoms with E-state index in [1.54, 1.807) is 6.07 Å². The molecule has 0 aliphatic carbocycles. The van der Waals surface area contributed by atoms with Crippen molar-refractivity contribution in [3.8, 4) is 0 Å². The fourth-order valence-electron chi connectivity index (χ4n) is 2.38. The lowest BCUT2D eigenvalue weighted by Gasteiger charge is -2.16. The molecule has 130 valence electrons. The van der Waals surface area contributed by atoms with E-state index < -0.39 is 23.8 Å². The first-order valence-electron chi connectivity index (χ1n) is 7.82. The molecule has 0 fully saturated rings. The Morgan fingerprint density at radius 2 is 1.96 bits per heavy atom. The summed E-state index contributed by atoms with van der Waals surface area (Å²) in [5.74, 6) is -0.578. The lowest BCUT2D eigenvalue weighted by molar-refractivity contribution is -0.140. The second-order valence-electron chi connectivity index (χ2n) is 6.13. The van der Waals surface area contributed by atoms with Gasteiger partial charge in [-0.25, -0.2) is 0 Å². The second-order valence-corrected chi connectivity index (χ2v) is 6.13. The van der Waals surface area contributed by atoms with Crippen LogP contribution in [0.15, 0.2) is 24.3 Å². The Labute approximate surface area is 134 Å². The number of hydrogen-bond donors (Lipinski definition) is 2. The number of carboxylic acid groups (broad SMARTS) is 1. The summed E-state index contributed by atoms with van der Waals surface area (Å²) in [5.41, 5.74) is 0.0211. The molecule has 1 aromatic carbocycles. The van der Waals surface area contributed by atoms with Crippen LogP contribution in [0.5, 0.6) is 0 Å². The maximum Gasteiger partial charge on any atom is 0.416 e. The van der Waals surface area contributed by atoms with Gasteiger partial charge in [-0.05, 0) is 49.8 Å². The van der Waals surface area contributed by atoms with Crippen molar-refractivity contribution >= 4 is 5.97 Å². The zero-order valence-corrected chi connectivity index (χ0v) is 13.5. The molecule has 23 heavy (non-hydrogen) atoms. The number of carbonyl (C=O) groups is 1. The van der Waals surface area contributed by atoms with Crippen LogP contribution >= 0.6 is 0 Å². The maximum absolute atomic E-state index is 12.6. The molecule has 0 aliphatic rings. The van der Waals surface area contributed by atoms with Crippen molar-refractivity contribution in [1.29, 1.82) is 0 Å². The van der Waals surface area contributed by atoms with Gasteiger partial charge in [0.05, 0.1) is 5.56 Å². The van der Waals surface area contributed by atoms with Gasteiger partial charge in [-0.2, -0.15) is 13.2 Å². The highest BCUT2D eigenvalue weighted by Crippen LogP contribution is 2.29. The zero-order chi connectivity index (χ0) is 17.5. The number of rotatable bonds is 9. The van der Waals surface area contributed by atoms with Crippen molar-refractivity contribution in [3.63, 3.8) is 0 Å². The van der Waals surface area contributed by atoms with Crippen LogP contribution in [0.1, 0.15) is 44.2 Å². The number of aryl methyl sites for hydroxylation is 1. The third-order valence-corrected chi connectivity index (χ3v) is 3.54. The average Bonchev–Trinajstić information content (AvgIpc) is 2.44. The number of unbranched alkanes of at least 4 members (excludes halogenated alkanes) is 1. The van der Waals surface area contributed by atoms with E-state index in [0.29, 0.717) is 31.4 Å². The Kier molecular flexibility index (Phi) is 7.55. The maximum atomic E-state index is 12.6. The first-order chi connectivity index (χ1) is 10.7. The predicted molar refractivity (Wildman–Crippen MR) is 83.3 cm³/mol. The molecule has 0 aromatic heterocycles. The van der Waals surface area contributed by atoms with Crippen LogP contribution in [0.25, 0.3) is 0 Å². The van der Waals surface area contributed by atoms with Crippen molar-refractivity contribution < 1.29 is 23.1 Å². The van der Waals surface area contributed by atoms with Crippen LogP contribution in [0.2, 0.25) is 0 Å². The van der Waals surface area contributed by atoms with Gasteiger partial charge in [0.1, 0.15) is 6.04 Å². The Balaban J connectivity index is 2.36. The third kappa shape index (κ3) is 7.50. The van der Waals surface area contributed by atoms with Gasteiger partial charge in [0, 0.05) is 0 Å². The van der Waals surface area contributed by atoms with E-state index in [1.807, 2.05) is 13.8 Å². The first kappa shape index (κ1) is 19.5. The topological polar surface area (TPSA) is 49.3 Å². The molecule has 3 nitrogen and oxygen atoms in total. The number of hydrogen-bond acceptors (Lipinski definition) is 2. The average molecular weight is 331 g/mol.